The second-order valence-corrected chi connectivity index (χ2v) is 8.52. The highest BCUT2D eigenvalue weighted by molar-refractivity contribution is 7.17. The van der Waals surface area contributed by atoms with E-state index in [4.69, 9.17) is 0 Å². The number of amides is 2. The maximum atomic E-state index is 13.4. The van der Waals surface area contributed by atoms with Crippen molar-refractivity contribution in [3.8, 4) is 0 Å². The molecule has 1 heterocycles. The lowest BCUT2D eigenvalue weighted by atomic mass is 9.95. The van der Waals surface area contributed by atoms with Gasteiger partial charge in [-0.3, -0.25) is 9.59 Å². The zero-order valence-electron chi connectivity index (χ0n) is 16.9. The zero-order valence-corrected chi connectivity index (χ0v) is 17.7. The summed E-state index contributed by atoms with van der Waals surface area (Å²) in [6, 6.07) is 9.73. The third kappa shape index (κ3) is 4.82. The van der Waals surface area contributed by atoms with Crippen LogP contribution in [0.1, 0.15) is 65.9 Å². The summed E-state index contributed by atoms with van der Waals surface area (Å²) in [5.41, 5.74) is 2.91. The first-order valence-corrected chi connectivity index (χ1v) is 11.2. The van der Waals surface area contributed by atoms with Crippen molar-refractivity contribution in [1.29, 1.82) is 0 Å². The van der Waals surface area contributed by atoms with Gasteiger partial charge in [-0.25, -0.2) is 0 Å². The van der Waals surface area contributed by atoms with Gasteiger partial charge >= 0.3 is 0 Å². The fourth-order valence-corrected chi connectivity index (χ4v) is 5.14. The van der Waals surface area contributed by atoms with Gasteiger partial charge in [-0.2, -0.15) is 0 Å². The number of hydrogen-bond acceptors (Lipinski definition) is 3. The highest BCUT2D eigenvalue weighted by atomic mass is 32.1. The summed E-state index contributed by atoms with van der Waals surface area (Å²) in [5, 5.41) is 3.81. The Kier molecular flexibility index (Phi) is 7.26. The number of nitrogens with one attached hydrogen (secondary N) is 1. The third-order valence-corrected chi connectivity index (χ3v) is 6.33. The third-order valence-electron chi connectivity index (χ3n) is 5.12. The molecule has 5 heteroatoms. The number of rotatable bonds is 8. The Bertz CT molecular complexity index is 808. The summed E-state index contributed by atoms with van der Waals surface area (Å²) in [4.78, 5) is 29.3. The lowest BCUT2D eigenvalue weighted by Crippen LogP contribution is -2.33. The van der Waals surface area contributed by atoms with Gasteiger partial charge in [0.05, 0.1) is 12.0 Å². The number of benzene rings is 1. The van der Waals surface area contributed by atoms with Crippen LogP contribution in [0.5, 0.6) is 0 Å². The molecule has 4 nitrogen and oxygen atoms in total. The van der Waals surface area contributed by atoms with E-state index in [-0.39, 0.29) is 11.8 Å². The standard InChI is InChI=1S/C23H30N2O2S/c1-3-14-25(15-4-2)23(27)21-18-12-8-9-13-19(18)28-22(21)24-20(26)16-17-10-6-5-7-11-17/h5-7,10-11H,3-4,8-9,12-16H2,1-2H3,(H,24,26). The predicted octanol–water partition coefficient (Wildman–Crippen LogP) is 5.07. The molecule has 0 bridgehead atoms. The van der Waals surface area contributed by atoms with Crippen molar-refractivity contribution in [1.82, 2.24) is 4.90 Å². The van der Waals surface area contributed by atoms with Gasteiger partial charge < -0.3 is 10.2 Å². The van der Waals surface area contributed by atoms with E-state index in [0.29, 0.717) is 6.42 Å². The first-order chi connectivity index (χ1) is 13.6. The molecule has 0 fully saturated rings. The second kappa shape index (κ2) is 9.87. The van der Waals surface area contributed by atoms with Gasteiger partial charge in [0.25, 0.3) is 5.91 Å². The van der Waals surface area contributed by atoms with E-state index in [0.717, 1.165) is 67.7 Å². The number of hydrogen-bond donors (Lipinski definition) is 1. The van der Waals surface area contributed by atoms with Crippen LogP contribution in [0, 0.1) is 0 Å². The van der Waals surface area contributed by atoms with Crippen molar-refractivity contribution in [3.05, 3.63) is 51.9 Å². The SMILES string of the molecule is CCCN(CCC)C(=O)c1c(NC(=O)Cc2ccccc2)sc2c1CCCC2. The molecule has 2 amide bonds. The molecule has 0 atom stereocenters. The molecular weight excluding hydrogens is 368 g/mol. The van der Waals surface area contributed by atoms with Gasteiger partial charge in [0.2, 0.25) is 5.91 Å². The van der Waals surface area contributed by atoms with E-state index in [1.54, 1.807) is 11.3 Å². The molecule has 0 unspecified atom stereocenters. The van der Waals surface area contributed by atoms with Crippen LogP contribution in [0.2, 0.25) is 0 Å². The van der Waals surface area contributed by atoms with Crippen molar-refractivity contribution in [2.45, 2.75) is 58.8 Å². The first kappa shape index (κ1) is 20.6. The van der Waals surface area contributed by atoms with Crippen molar-refractivity contribution in [2.75, 3.05) is 18.4 Å². The Labute approximate surface area is 172 Å². The van der Waals surface area contributed by atoms with Gasteiger partial charge in [0.15, 0.2) is 0 Å². The molecule has 0 aliphatic heterocycles. The number of thiophene rings is 1. The summed E-state index contributed by atoms with van der Waals surface area (Å²) >= 11 is 1.60. The summed E-state index contributed by atoms with van der Waals surface area (Å²) in [5.74, 6) is 0.0227. The average Bonchev–Trinajstić information content (AvgIpc) is 3.05. The lowest BCUT2D eigenvalue weighted by Gasteiger charge is -2.23. The topological polar surface area (TPSA) is 49.4 Å². The number of aryl methyl sites for hydroxylation is 1. The molecule has 150 valence electrons. The Morgan fingerprint density at radius 2 is 1.71 bits per heavy atom. The van der Waals surface area contributed by atoms with Crippen LogP contribution in [0.3, 0.4) is 0 Å². The minimum Gasteiger partial charge on any atom is -0.339 e. The van der Waals surface area contributed by atoms with Gasteiger partial charge in [-0.1, -0.05) is 44.2 Å². The van der Waals surface area contributed by atoms with Gasteiger partial charge in [-0.05, 0) is 49.7 Å². The highest BCUT2D eigenvalue weighted by Crippen LogP contribution is 2.39. The molecule has 3 rings (SSSR count). The molecule has 0 spiro atoms. The Morgan fingerprint density at radius 1 is 1.04 bits per heavy atom. The summed E-state index contributed by atoms with van der Waals surface area (Å²) in [6.45, 7) is 5.71. The summed E-state index contributed by atoms with van der Waals surface area (Å²) in [6.07, 6.45) is 6.42. The summed E-state index contributed by atoms with van der Waals surface area (Å²) < 4.78 is 0. The lowest BCUT2D eigenvalue weighted by molar-refractivity contribution is -0.115. The largest absolute Gasteiger partial charge is 0.339 e. The Balaban J connectivity index is 1.87. The molecule has 1 aromatic carbocycles. The van der Waals surface area contributed by atoms with Crippen LogP contribution in [0.4, 0.5) is 5.00 Å². The van der Waals surface area contributed by atoms with Crippen LogP contribution < -0.4 is 5.32 Å². The maximum Gasteiger partial charge on any atom is 0.257 e. The predicted molar refractivity (Wildman–Crippen MR) is 116 cm³/mol. The van der Waals surface area contributed by atoms with E-state index in [2.05, 4.69) is 19.2 Å². The van der Waals surface area contributed by atoms with Crippen LogP contribution in [-0.4, -0.2) is 29.8 Å². The van der Waals surface area contributed by atoms with Crippen LogP contribution in [0.25, 0.3) is 0 Å². The fraction of sp³-hybridized carbons (Fsp3) is 0.478. The van der Waals surface area contributed by atoms with Crippen LogP contribution in [0.15, 0.2) is 30.3 Å². The molecule has 1 N–H and O–H groups in total. The Hall–Kier alpha value is -2.14. The Morgan fingerprint density at radius 3 is 2.39 bits per heavy atom. The maximum absolute atomic E-state index is 13.4. The molecule has 0 radical (unpaired) electrons. The van der Waals surface area contributed by atoms with Crippen LogP contribution in [-0.2, 0) is 24.1 Å². The number of anilines is 1. The van der Waals surface area contributed by atoms with Crippen molar-refractivity contribution in [3.63, 3.8) is 0 Å². The molecule has 0 saturated heterocycles. The van der Waals surface area contributed by atoms with Gasteiger partial charge in [0.1, 0.15) is 5.00 Å². The van der Waals surface area contributed by atoms with Crippen LogP contribution >= 0.6 is 11.3 Å². The monoisotopic (exact) mass is 398 g/mol. The molecular formula is C23H30N2O2S. The molecule has 1 aliphatic rings. The average molecular weight is 399 g/mol. The van der Waals surface area contributed by atoms with E-state index in [1.807, 2.05) is 35.2 Å². The minimum atomic E-state index is -0.0589. The zero-order chi connectivity index (χ0) is 19.9. The molecule has 28 heavy (non-hydrogen) atoms. The van der Waals surface area contributed by atoms with E-state index >= 15 is 0 Å². The first-order valence-electron chi connectivity index (χ1n) is 10.4. The highest BCUT2D eigenvalue weighted by Gasteiger charge is 2.28. The number of nitrogens with zero attached hydrogens (tertiary/aromatic N) is 1. The van der Waals surface area contributed by atoms with E-state index < -0.39 is 0 Å². The number of carbonyl (C=O) groups excluding carboxylic acids is 2. The fourth-order valence-electron chi connectivity index (χ4n) is 3.85. The number of fused-ring (bicyclic) bond motifs is 1. The van der Waals surface area contributed by atoms with Crippen molar-refractivity contribution >= 4 is 28.2 Å². The quantitative estimate of drug-likeness (QED) is 0.675. The van der Waals surface area contributed by atoms with Gasteiger partial charge in [-0.15, -0.1) is 11.3 Å². The van der Waals surface area contributed by atoms with E-state index in [9.17, 15) is 9.59 Å². The smallest absolute Gasteiger partial charge is 0.257 e. The second-order valence-electron chi connectivity index (χ2n) is 7.42. The van der Waals surface area contributed by atoms with Gasteiger partial charge in [0, 0.05) is 18.0 Å². The summed E-state index contributed by atoms with van der Waals surface area (Å²) in [7, 11) is 0. The molecule has 0 saturated carbocycles. The van der Waals surface area contributed by atoms with Crippen molar-refractivity contribution < 1.29 is 9.59 Å². The molecule has 2 aromatic rings. The number of carbonyl (C=O) groups is 2. The van der Waals surface area contributed by atoms with Crippen molar-refractivity contribution in [2.24, 2.45) is 0 Å². The molecule has 1 aliphatic carbocycles. The minimum absolute atomic E-state index is 0.0589. The molecule has 1 aromatic heterocycles. The van der Waals surface area contributed by atoms with E-state index in [1.165, 1.54) is 10.4 Å². The normalized spacial score (nSPS) is 13.1.